The second kappa shape index (κ2) is 9.44. The van der Waals surface area contributed by atoms with Crippen LogP contribution in [0.3, 0.4) is 0 Å². The zero-order chi connectivity index (χ0) is 26.8. The van der Waals surface area contributed by atoms with E-state index in [4.69, 9.17) is 4.74 Å². The van der Waals surface area contributed by atoms with Crippen LogP contribution in [0.1, 0.15) is 47.6 Å². The summed E-state index contributed by atoms with van der Waals surface area (Å²) < 4.78 is 35.7. The van der Waals surface area contributed by atoms with Crippen molar-refractivity contribution in [2.75, 3.05) is 20.1 Å². The molecule has 1 spiro atoms. The highest BCUT2D eigenvalue weighted by atomic mass is 32.2. The van der Waals surface area contributed by atoms with Gasteiger partial charge in [-0.2, -0.15) is 4.31 Å². The molecule has 2 bridgehead atoms. The number of piperidine rings is 1. The monoisotopic (exact) mass is 544 g/mol. The first-order chi connectivity index (χ1) is 18.9. The van der Waals surface area contributed by atoms with Crippen LogP contribution >= 0.6 is 0 Å². The van der Waals surface area contributed by atoms with Crippen LogP contribution < -0.4 is 4.74 Å². The third-order valence-corrected chi connectivity index (χ3v) is 11.8. The van der Waals surface area contributed by atoms with Crippen molar-refractivity contribution < 1.29 is 18.3 Å². The Morgan fingerprint density at radius 2 is 1.77 bits per heavy atom. The second-order valence-corrected chi connectivity index (χ2v) is 13.8. The zero-order valence-electron chi connectivity index (χ0n) is 22.3. The minimum absolute atomic E-state index is 0.00400. The van der Waals surface area contributed by atoms with Gasteiger partial charge in [-0.3, -0.25) is 4.90 Å². The molecular formula is C32H36N2O4S. The van der Waals surface area contributed by atoms with E-state index in [0.29, 0.717) is 18.5 Å². The first-order valence-corrected chi connectivity index (χ1v) is 15.7. The molecule has 6 nitrogen and oxygen atoms in total. The van der Waals surface area contributed by atoms with Gasteiger partial charge in [0.25, 0.3) is 0 Å². The summed E-state index contributed by atoms with van der Waals surface area (Å²) in [5.74, 6) is 1.31. The first-order valence-electron chi connectivity index (χ1n) is 14.1. The molecule has 4 aliphatic rings. The summed E-state index contributed by atoms with van der Waals surface area (Å²) in [7, 11) is -1.78. The Morgan fingerprint density at radius 3 is 2.54 bits per heavy atom. The van der Waals surface area contributed by atoms with Gasteiger partial charge in [-0.25, -0.2) is 8.42 Å². The quantitative estimate of drug-likeness (QED) is 0.481. The minimum Gasteiger partial charge on any atom is -0.487 e. The number of β-amino-alcohol motifs (C(OH)–C–C–N with tert-alkyl or cyclic N) is 1. The molecule has 2 aliphatic carbocycles. The molecule has 2 heterocycles. The molecule has 1 unspecified atom stereocenters. The number of benzene rings is 3. The molecule has 204 valence electrons. The molecule has 0 radical (unpaired) electrons. The van der Waals surface area contributed by atoms with E-state index in [1.807, 2.05) is 60.7 Å². The Labute approximate surface area is 231 Å². The van der Waals surface area contributed by atoms with Gasteiger partial charge in [0.1, 0.15) is 11.9 Å². The summed E-state index contributed by atoms with van der Waals surface area (Å²) in [6.07, 6.45) is 2.84. The number of aliphatic hydroxyl groups excluding tert-OH is 1. The molecule has 0 aromatic heterocycles. The SMILES string of the molecule is CN([C@H]1CC[C@H]2[C@H]3Cc4cccc5c4[C@@]2(CCN3CC(O)c2ccccc2)[C@H]1O5)S(=O)(=O)Cc1ccccc1. The maximum atomic E-state index is 13.6. The molecule has 3 aromatic rings. The summed E-state index contributed by atoms with van der Waals surface area (Å²) in [6.45, 7) is 1.47. The van der Waals surface area contributed by atoms with Gasteiger partial charge in [-0.15, -0.1) is 0 Å². The lowest BCUT2D eigenvalue weighted by atomic mass is 9.51. The second-order valence-electron chi connectivity index (χ2n) is 11.8. The lowest BCUT2D eigenvalue weighted by Gasteiger charge is -2.60. The number of hydrogen-bond donors (Lipinski definition) is 1. The number of nitrogens with zero attached hydrogens (tertiary/aromatic N) is 2. The standard InChI is InChI=1S/C32H36N2O4S/c1-33(39(36,37)21-22-9-4-2-5-10-22)26-16-15-25-27-19-24-13-8-14-29-30(24)32(25,31(26)38-29)17-18-34(27)20-28(35)23-11-6-3-7-12-23/h2-14,25-28,31,35H,15-21H2,1H3/t25-,26-,27+,28?,31-,32-/m0/s1. The third kappa shape index (κ3) is 3.97. The van der Waals surface area contributed by atoms with Gasteiger partial charge in [0.15, 0.2) is 0 Å². The van der Waals surface area contributed by atoms with Crippen LogP contribution in [0.4, 0.5) is 0 Å². The lowest BCUT2D eigenvalue weighted by molar-refractivity contribution is -0.0822. The van der Waals surface area contributed by atoms with E-state index >= 15 is 0 Å². The molecule has 2 aliphatic heterocycles. The van der Waals surface area contributed by atoms with Crippen molar-refractivity contribution in [3.05, 3.63) is 101 Å². The lowest BCUT2D eigenvalue weighted by Crippen LogP contribution is -2.69. The maximum Gasteiger partial charge on any atom is 0.218 e. The highest BCUT2D eigenvalue weighted by molar-refractivity contribution is 7.88. The van der Waals surface area contributed by atoms with Gasteiger partial charge in [0, 0.05) is 30.6 Å². The van der Waals surface area contributed by atoms with Crippen LogP contribution in [-0.2, 0) is 27.6 Å². The smallest absolute Gasteiger partial charge is 0.218 e. The van der Waals surface area contributed by atoms with Crippen molar-refractivity contribution in [2.45, 2.75) is 61.1 Å². The van der Waals surface area contributed by atoms with E-state index in [0.717, 1.165) is 49.1 Å². The van der Waals surface area contributed by atoms with Crippen LogP contribution in [-0.4, -0.2) is 61.1 Å². The number of likely N-dealkylation sites (tertiary alicyclic amines) is 1. The van der Waals surface area contributed by atoms with Crippen LogP contribution in [0.5, 0.6) is 5.75 Å². The molecule has 7 heteroatoms. The van der Waals surface area contributed by atoms with Gasteiger partial charge < -0.3 is 9.84 Å². The van der Waals surface area contributed by atoms with Gasteiger partial charge in [0.2, 0.25) is 10.0 Å². The summed E-state index contributed by atoms with van der Waals surface area (Å²) in [6, 6.07) is 25.8. The number of sulfonamides is 1. The molecule has 1 saturated carbocycles. The number of hydrogen-bond acceptors (Lipinski definition) is 5. The average molecular weight is 545 g/mol. The van der Waals surface area contributed by atoms with Crippen LogP contribution in [0.25, 0.3) is 0 Å². The first kappa shape index (κ1) is 25.3. The van der Waals surface area contributed by atoms with Crippen molar-refractivity contribution in [1.29, 1.82) is 0 Å². The molecule has 2 fully saturated rings. The Morgan fingerprint density at radius 1 is 1.03 bits per heavy atom. The van der Waals surface area contributed by atoms with E-state index in [2.05, 4.69) is 23.1 Å². The number of rotatable bonds is 7. The van der Waals surface area contributed by atoms with Gasteiger partial charge in [-0.05, 0) is 60.9 Å². The van der Waals surface area contributed by atoms with E-state index in [9.17, 15) is 13.5 Å². The molecule has 3 aromatic carbocycles. The fourth-order valence-electron chi connectivity index (χ4n) is 8.26. The zero-order valence-corrected chi connectivity index (χ0v) is 23.1. The maximum absolute atomic E-state index is 13.6. The largest absolute Gasteiger partial charge is 0.487 e. The van der Waals surface area contributed by atoms with Crippen molar-refractivity contribution in [2.24, 2.45) is 5.92 Å². The summed E-state index contributed by atoms with van der Waals surface area (Å²) >= 11 is 0. The Balaban J connectivity index is 1.21. The Kier molecular flexibility index (Phi) is 6.12. The molecule has 0 amide bonds. The molecule has 7 rings (SSSR count). The van der Waals surface area contributed by atoms with Crippen LogP contribution in [0.2, 0.25) is 0 Å². The van der Waals surface area contributed by atoms with Gasteiger partial charge >= 0.3 is 0 Å². The van der Waals surface area contributed by atoms with Crippen molar-refractivity contribution >= 4 is 10.0 Å². The normalized spacial score (nSPS) is 30.0. The predicted molar refractivity (Wildman–Crippen MR) is 151 cm³/mol. The fraction of sp³-hybridized carbons (Fsp3) is 0.438. The Bertz CT molecular complexity index is 1460. The topological polar surface area (TPSA) is 70.1 Å². The average Bonchev–Trinajstić information content (AvgIpc) is 3.29. The third-order valence-electron chi connectivity index (χ3n) is 9.99. The van der Waals surface area contributed by atoms with E-state index < -0.39 is 16.1 Å². The fourth-order valence-corrected chi connectivity index (χ4v) is 9.71. The van der Waals surface area contributed by atoms with Gasteiger partial charge in [-0.1, -0.05) is 72.8 Å². The predicted octanol–water partition coefficient (Wildman–Crippen LogP) is 4.29. The Hall–Kier alpha value is -2.71. The number of aliphatic hydroxyl groups is 1. The van der Waals surface area contributed by atoms with E-state index in [-0.39, 0.29) is 23.3 Å². The highest BCUT2D eigenvalue weighted by Gasteiger charge is 2.66. The molecule has 39 heavy (non-hydrogen) atoms. The molecule has 1 saturated heterocycles. The summed E-state index contributed by atoms with van der Waals surface area (Å²) in [5, 5.41) is 11.1. The van der Waals surface area contributed by atoms with Crippen molar-refractivity contribution in [3.63, 3.8) is 0 Å². The van der Waals surface area contributed by atoms with Crippen molar-refractivity contribution in [3.8, 4) is 5.75 Å². The molecule has 1 N–H and O–H groups in total. The molecule has 6 atom stereocenters. The summed E-state index contributed by atoms with van der Waals surface area (Å²) in [5.41, 5.74) is 4.22. The molecular weight excluding hydrogens is 508 g/mol. The number of ether oxygens (including phenoxy) is 1. The highest BCUT2D eigenvalue weighted by Crippen LogP contribution is 2.62. The van der Waals surface area contributed by atoms with E-state index in [1.165, 1.54) is 11.1 Å². The van der Waals surface area contributed by atoms with Crippen LogP contribution in [0.15, 0.2) is 78.9 Å². The minimum atomic E-state index is -3.53. The summed E-state index contributed by atoms with van der Waals surface area (Å²) in [4.78, 5) is 2.49. The number of likely N-dealkylation sites (N-methyl/N-ethyl adjacent to an activating group) is 1. The van der Waals surface area contributed by atoms with E-state index in [1.54, 1.807) is 11.4 Å². The van der Waals surface area contributed by atoms with Crippen molar-refractivity contribution in [1.82, 2.24) is 9.21 Å². The van der Waals surface area contributed by atoms with Crippen LogP contribution in [0, 0.1) is 5.92 Å². The van der Waals surface area contributed by atoms with Gasteiger partial charge in [0.05, 0.1) is 17.9 Å².